The van der Waals surface area contributed by atoms with Gasteiger partial charge in [0.25, 0.3) is 0 Å². The summed E-state index contributed by atoms with van der Waals surface area (Å²) in [5, 5.41) is 0. The number of nitrogens with zero attached hydrogens (tertiary/aromatic N) is 1. The van der Waals surface area contributed by atoms with Gasteiger partial charge >= 0.3 is 0 Å². The van der Waals surface area contributed by atoms with E-state index in [2.05, 4.69) is 71.7 Å². The molecule has 1 aromatic heterocycles. The fourth-order valence-electron chi connectivity index (χ4n) is 2.97. The van der Waals surface area contributed by atoms with Crippen molar-refractivity contribution >= 4 is 0 Å². The van der Waals surface area contributed by atoms with Crippen molar-refractivity contribution < 1.29 is 0 Å². The molecule has 1 nitrogen and oxygen atoms in total. The normalized spacial score (nSPS) is 10.5. The summed E-state index contributed by atoms with van der Waals surface area (Å²) in [6.45, 7) is 0. The Morgan fingerprint density at radius 3 is 1.62 bits per heavy atom. The average Bonchev–Trinajstić information content (AvgIpc) is 2.69. The van der Waals surface area contributed by atoms with Gasteiger partial charge < -0.3 is 0 Å². The highest BCUT2D eigenvalue weighted by atomic mass is 14.6. The summed E-state index contributed by atoms with van der Waals surface area (Å²) in [5.74, 6) is 0. The van der Waals surface area contributed by atoms with Gasteiger partial charge in [-0.2, -0.15) is 0 Å². The topological polar surface area (TPSA) is 12.9 Å². The van der Waals surface area contributed by atoms with Gasteiger partial charge in [-0.25, -0.2) is 0 Å². The van der Waals surface area contributed by atoms with Crippen LogP contribution in [0.5, 0.6) is 0 Å². The molecule has 0 amide bonds. The van der Waals surface area contributed by atoms with Crippen LogP contribution in [0, 0.1) is 6.07 Å². The SMILES string of the molecule is [c]1ccccc1-c1c(-c2ccccc2)cncc1-c1ccccc1. The quantitative estimate of drug-likeness (QED) is 0.460. The highest BCUT2D eigenvalue weighted by Gasteiger charge is 2.14. The third kappa shape index (κ3) is 2.72. The Morgan fingerprint density at radius 2 is 1.12 bits per heavy atom. The zero-order valence-corrected chi connectivity index (χ0v) is 13.2. The molecule has 113 valence electrons. The molecule has 3 aromatic carbocycles. The minimum atomic E-state index is 1.08. The smallest absolute Gasteiger partial charge is 0.0353 e. The summed E-state index contributed by atoms with van der Waals surface area (Å²) < 4.78 is 0. The molecule has 0 saturated carbocycles. The first-order valence-electron chi connectivity index (χ1n) is 7.99. The summed E-state index contributed by atoms with van der Waals surface area (Å²) in [7, 11) is 0. The lowest BCUT2D eigenvalue weighted by atomic mass is 9.90. The summed E-state index contributed by atoms with van der Waals surface area (Å²) in [6, 6.07) is 32.3. The van der Waals surface area contributed by atoms with E-state index >= 15 is 0 Å². The lowest BCUT2D eigenvalue weighted by molar-refractivity contribution is 1.33. The van der Waals surface area contributed by atoms with Crippen molar-refractivity contribution in [1.82, 2.24) is 4.98 Å². The molecule has 0 fully saturated rings. The first kappa shape index (κ1) is 14.4. The fourth-order valence-corrected chi connectivity index (χ4v) is 2.97. The Hall–Kier alpha value is -3.19. The minimum Gasteiger partial charge on any atom is -0.263 e. The molecule has 0 saturated heterocycles. The lowest BCUT2D eigenvalue weighted by Gasteiger charge is -2.15. The van der Waals surface area contributed by atoms with E-state index in [0.29, 0.717) is 0 Å². The van der Waals surface area contributed by atoms with E-state index in [0.717, 1.165) is 27.8 Å². The molecule has 1 heteroatoms. The third-order valence-corrected chi connectivity index (χ3v) is 4.09. The number of hydrogen-bond donors (Lipinski definition) is 0. The zero-order valence-electron chi connectivity index (χ0n) is 13.2. The standard InChI is InChI=1S/C23H16N/c1-4-10-18(11-5-1)21-16-24-17-22(19-12-6-2-7-13-19)23(21)20-14-8-3-9-15-20/h1-14,16-17H. The van der Waals surface area contributed by atoms with Gasteiger partial charge in [0.1, 0.15) is 0 Å². The van der Waals surface area contributed by atoms with Crippen LogP contribution in [0.15, 0.2) is 97.3 Å². The van der Waals surface area contributed by atoms with E-state index in [1.54, 1.807) is 0 Å². The predicted molar refractivity (Wildman–Crippen MR) is 99.4 cm³/mol. The van der Waals surface area contributed by atoms with Crippen LogP contribution in [0.25, 0.3) is 33.4 Å². The molecule has 0 unspecified atom stereocenters. The second kappa shape index (κ2) is 6.51. The van der Waals surface area contributed by atoms with E-state index in [9.17, 15) is 0 Å². The molecular weight excluding hydrogens is 290 g/mol. The second-order valence-electron chi connectivity index (χ2n) is 5.62. The van der Waals surface area contributed by atoms with Gasteiger partial charge in [-0.3, -0.25) is 4.98 Å². The van der Waals surface area contributed by atoms with E-state index in [-0.39, 0.29) is 0 Å². The van der Waals surface area contributed by atoms with Gasteiger partial charge in [0.05, 0.1) is 0 Å². The van der Waals surface area contributed by atoms with Crippen LogP contribution in [0.3, 0.4) is 0 Å². The molecule has 0 N–H and O–H groups in total. The van der Waals surface area contributed by atoms with Crippen LogP contribution < -0.4 is 0 Å². The maximum Gasteiger partial charge on any atom is 0.0353 e. The fraction of sp³-hybridized carbons (Fsp3) is 0. The van der Waals surface area contributed by atoms with Crippen LogP contribution in [-0.4, -0.2) is 4.98 Å². The van der Waals surface area contributed by atoms with Gasteiger partial charge in [0.2, 0.25) is 0 Å². The van der Waals surface area contributed by atoms with Gasteiger partial charge in [-0.1, -0.05) is 84.9 Å². The predicted octanol–water partition coefficient (Wildman–Crippen LogP) is 5.88. The van der Waals surface area contributed by atoms with Gasteiger partial charge in [0, 0.05) is 29.1 Å². The van der Waals surface area contributed by atoms with Crippen LogP contribution in [0.2, 0.25) is 0 Å². The van der Waals surface area contributed by atoms with Crippen LogP contribution >= 0.6 is 0 Å². The molecule has 0 aliphatic rings. The van der Waals surface area contributed by atoms with Crippen LogP contribution in [-0.2, 0) is 0 Å². The summed E-state index contributed by atoms with van der Waals surface area (Å²) in [5.41, 5.74) is 6.82. The number of aromatic nitrogens is 1. The molecule has 1 heterocycles. The van der Waals surface area contributed by atoms with Gasteiger partial charge in [-0.15, -0.1) is 0 Å². The zero-order chi connectivity index (χ0) is 16.2. The summed E-state index contributed by atoms with van der Waals surface area (Å²) in [6.07, 6.45) is 3.88. The Labute approximate surface area is 142 Å². The van der Waals surface area contributed by atoms with E-state index < -0.39 is 0 Å². The lowest BCUT2D eigenvalue weighted by Crippen LogP contribution is -1.92. The maximum atomic E-state index is 4.51. The Bertz CT molecular complexity index is 872. The molecule has 0 spiro atoms. The highest BCUT2D eigenvalue weighted by Crippen LogP contribution is 2.38. The Balaban J connectivity index is 2.02. The number of benzene rings is 3. The third-order valence-electron chi connectivity index (χ3n) is 4.09. The molecule has 0 aliphatic carbocycles. The van der Waals surface area contributed by atoms with E-state index in [4.69, 9.17) is 0 Å². The van der Waals surface area contributed by atoms with Crippen molar-refractivity contribution in [1.29, 1.82) is 0 Å². The van der Waals surface area contributed by atoms with Crippen molar-refractivity contribution in [2.75, 3.05) is 0 Å². The molecule has 1 radical (unpaired) electrons. The van der Waals surface area contributed by atoms with E-state index in [1.807, 2.05) is 36.7 Å². The van der Waals surface area contributed by atoms with Crippen molar-refractivity contribution in [3.63, 3.8) is 0 Å². The molecule has 0 aliphatic heterocycles. The molecule has 0 bridgehead atoms. The van der Waals surface area contributed by atoms with Gasteiger partial charge in [0.15, 0.2) is 0 Å². The van der Waals surface area contributed by atoms with Crippen LogP contribution in [0.1, 0.15) is 0 Å². The van der Waals surface area contributed by atoms with Crippen molar-refractivity contribution in [2.45, 2.75) is 0 Å². The maximum absolute atomic E-state index is 4.51. The summed E-state index contributed by atoms with van der Waals surface area (Å²) >= 11 is 0. The second-order valence-corrected chi connectivity index (χ2v) is 5.62. The molecular formula is C23H16N. The largest absolute Gasteiger partial charge is 0.263 e. The Kier molecular flexibility index (Phi) is 3.91. The molecule has 24 heavy (non-hydrogen) atoms. The minimum absolute atomic E-state index is 1.08. The highest BCUT2D eigenvalue weighted by molar-refractivity contribution is 5.93. The molecule has 4 rings (SSSR count). The Morgan fingerprint density at radius 1 is 0.583 bits per heavy atom. The van der Waals surface area contributed by atoms with Crippen molar-refractivity contribution in [2.24, 2.45) is 0 Å². The molecule has 0 atom stereocenters. The van der Waals surface area contributed by atoms with E-state index in [1.165, 1.54) is 5.56 Å². The monoisotopic (exact) mass is 306 g/mol. The first-order valence-corrected chi connectivity index (χ1v) is 7.99. The number of pyridine rings is 1. The van der Waals surface area contributed by atoms with Crippen LogP contribution in [0.4, 0.5) is 0 Å². The average molecular weight is 306 g/mol. The number of hydrogen-bond acceptors (Lipinski definition) is 1. The van der Waals surface area contributed by atoms with Crippen molar-refractivity contribution in [3.05, 3.63) is 103 Å². The molecule has 4 aromatic rings. The number of rotatable bonds is 3. The summed E-state index contributed by atoms with van der Waals surface area (Å²) in [4.78, 5) is 4.51. The van der Waals surface area contributed by atoms with Crippen molar-refractivity contribution in [3.8, 4) is 33.4 Å². The first-order chi connectivity index (χ1) is 11.9. The van der Waals surface area contributed by atoms with Gasteiger partial charge in [-0.05, 0) is 22.8 Å².